The highest BCUT2D eigenvalue weighted by molar-refractivity contribution is 5.91. The van der Waals surface area contributed by atoms with Crippen LogP contribution in [-0.2, 0) is 9.53 Å². The molecule has 170 valence electrons. The lowest BCUT2D eigenvalue weighted by Crippen LogP contribution is -2.08. The molecule has 0 radical (unpaired) electrons. The van der Waals surface area contributed by atoms with Gasteiger partial charge in [0.15, 0.2) is 0 Å². The summed E-state index contributed by atoms with van der Waals surface area (Å²) in [7, 11) is 0. The van der Waals surface area contributed by atoms with Crippen molar-refractivity contribution in [3.05, 3.63) is 97.1 Å². The van der Waals surface area contributed by atoms with Gasteiger partial charge in [0.1, 0.15) is 11.5 Å². The zero-order valence-electron chi connectivity index (χ0n) is 18.6. The van der Waals surface area contributed by atoms with E-state index in [9.17, 15) is 9.59 Å². The third-order valence-corrected chi connectivity index (χ3v) is 4.98. The van der Waals surface area contributed by atoms with Gasteiger partial charge >= 0.3 is 11.9 Å². The van der Waals surface area contributed by atoms with Crippen molar-refractivity contribution in [1.29, 1.82) is 0 Å². The molecule has 0 atom stereocenters. The molecule has 0 spiro atoms. The van der Waals surface area contributed by atoms with Gasteiger partial charge < -0.3 is 14.2 Å². The van der Waals surface area contributed by atoms with E-state index in [0.29, 0.717) is 30.3 Å². The maximum Gasteiger partial charge on any atom is 0.343 e. The number of carbonyl (C=O) groups excluding carboxylic acids is 2. The second kappa shape index (κ2) is 12.9. The zero-order chi connectivity index (χ0) is 23.3. The molecule has 0 saturated carbocycles. The summed E-state index contributed by atoms with van der Waals surface area (Å²) in [4.78, 5) is 23.4. The van der Waals surface area contributed by atoms with Crippen LogP contribution in [0.25, 0.3) is 11.1 Å². The van der Waals surface area contributed by atoms with Crippen molar-refractivity contribution in [3.8, 4) is 22.6 Å². The Balaban J connectivity index is 1.37. The third-order valence-electron chi connectivity index (χ3n) is 4.98. The van der Waals surface area contributed by atoms with Crippen LogP contribution >= 0.6 is 0 Å². The number of hydrogen-bond donors (Lipinski definition) is 0. The van der Waals surface area contributed by atoms with Gasteiger partial charge in [0.25, 0.3) is 0 Å². The number of carbonyl (C=O) groups is 2. The van der Waals surface area contributed by atoms with Gasteiger partial charge in [0, 0.05) is 6.08 Å². The van der Waals surface area contributed by atoms with E-state index in [2.05, 4.69) is 6.58 Å². The highest BCUT2D eigenvalue weighted by Gasteiger charge is 2.09. The van der Waals surface area contributed by atoms with Crippen LogP contribution in [-0.4, -0.2) is 25.2 Å². The summed E-state index contributed by atoms with van der Waals surface area (Å²) in [6.07, 6.45) is 4.84. The molecule has 5 nitrogen and oxygen atoms in total. The van der Waals surface area contributed by atoms with E-state index in [1.54, 1.807) is 36.4 Å². The van der Waals surface area contributed by atoms with Crippen molar-refractivity contribution in [2.75, 3.05) is 13.2 Å². The zero-order valence-corrected chi connectivity index (χ0v) is 18.6. The Bertz CT molecular complexity index is 1020. The molecule has 3 rings (SSSR count). The van der Waals surface area contributed by atoms with Crippen molar-refractivity contribution >= 4 is 11.9 Å². The molecule has 0 aliphatic rings. The minimum Gasteiger partial charge on any atom is -0.494 e. The summed E-state index contributed by atoms with van der Waals surface area (Å²) < 4.78 is 16.1. The number of ether oxygens (including phenoxy) is 3. The first-order chi connectivity index (χ1) is 16.2. The van der Waals surface area contributed by atoms with Gasteiger partial charge in [0.2, 0.25) is 0 Å². The van der Waals surface area contributed by atoms with Gasteiger partial charge in [-0.25, -0.2) is 9.59 Å². The van der Waals surface area contributed by atoms with E-state index in [1.807, 2.05) is 42.5 Å². The molecule has 0 fully saturated rings. The lowest BCUT2D eigenvalue weighted by Gasteiger charge is -2.08. The molecular formula is C28H28O5. The molecule has 3 aromatic carbocycles. The lowest BCUT2D eigenvalue weighted by atomic mass is 10.1. The van der Waals surface area contributed by atoms with E-state index in [-0.39, 0.29) is 5.97 Å². The molecule has 0 heterocycles. The van der Waals surface area contributed by atoms with E-state index >= 15 is 0 Å². The predicted octanol–water partition coefficient (Wildman–Crippen LogP) is 6.24. The first-order valence-electron chi connectivity index (χ1n) is 11.1. The number of rotatable bonds is 12. The van der Waals surface area contributed by atoms with Crippen LogP contribution in [0, 0.1) is 0 Å². The molecule has 5 heteroatoms. The molecule has 0 unspecified atom stereocenters. The fourth-order valence-corrected chi connectivity index (χ4v) is 3.18. The average molecular weight is 445 g/mol. The Morgan fingerprint density at radius 1 is 0.697 bits per heavy atom. The van der Waals surface area contributed by atoms with Crippen LogP contribution in [0.15, 0.2) is 91.5 Å². The lowest BCUT2D eigenvalue weighted by molar-refractivity contribution is -0.137. The Hall–Kier alpha value is -3.86. The van der Waals surface area contributed by atoms with Gasteiger partial charge in [-0.15, -0.1) is 0 Å². The topological polar surface area (TPSA) is 61.8 Å². The monoisotopic (exact) mass is 444 g/mol. The largest absolute Gasteiger partial charge is 0.494 e. The highest BCUT2D eigenvalue weighted by atomic mass is 16.5. The second-order valence-electron chi connectivity index (χ2n) is 7.44. The maximum absolute atomic E-state index is 12.4. The Kier molecular flexibility index (Phi) is 9.28. The Morgan fingerprint density at radius 2 is 1.30 bits per heavy atom. The maximum atomic E-state index is 12.4. The molecule has 0 aliphatic heterocycles. The minimum atomic E-state index is -0.411. The van der Waals surface area contributed by atoms with E-state index in [0.717, 1.165) is 36.8 Å². The molecular weight excluding hydrogens is 416 g/mol. The molecule has 0 saturated heterocycles. The standard InChI is InChI=1S/C28H28O5/c1-2-27(29)32-21-9-4-3-8-20-31-25-16-14-24(15-17-25)28(30)33-26-18-12-23(13-19-26)22-10-6-5-7-11-22/h2,5-7,10-19H,1,3-4,8-9,20-21H2. The smallest absolute Gasteiger partial charge is 0.343 e. The summed E-state index contributed by atoms with van der Waals surface area (Å²) in [5.41, 5.74) is 2.64. The van der Waals surface area contributed by atoms with Gasteiger partial charge in [0.05, 0.1) is 18.8 Å². The molecule has 0 amide bonds. The van der Waals surface area contributed by atoms with Gasteiger partial charge in [-0.1, -0.05) is 49.0 Å². The number of benzene rings is 3. The first-order valence-corrected chi connectivity index (χ1v) is 11.1. The summed E-state index contributed by atoms with van der Waals surface area (Å²) in [6, 6.07) is 24.4. The van der Waals surface area contributed by atoms with Crippen molar-refractivity contribution in [1.82, 2.24) is 0 Å². The van der Waals surface area contributed by atoms with E-state index < -0.39 is 5.97 Å². The van der Waals surface area contributed by atoms with Crippen molar-refractivity contribution in [2.24, 2.45) is 0 Å². The molecule has 3 aromatic rings. The van der Waals surface area contributed by atoms with Crippen LogP contribution in [0.5, 0.6) is 11.5 Å². The van der Waals surface area contributed by atoms with Gasteiger partial charge in [-0.05, 0) is 73.2 Å². The first kappa shape index (κ1) is 23.8. The predicted molar refractivity (Wildman–Crippen MR) is 128 cm³/mol. The normalized spacial score (nSPS) is 10.3. The number of esters is 2. The second-order valence-corrected chi connectivity index (χ2v) is 7.44. The Morgan fingerprint density at radius 3 is 1.97 bits per heavy atom. The van der Waals surface area contributed by atoms with Crippen molar-refractivity contribution in [3.63, 3.8) is 0 Å². The van der Waals surface area contributed by atoms with E-state index in [1.165, 1.54) is 6.08 Å². The third kappa shape index (κ3) is 7.96. The van der Waals surface area contributed by atoms with Gasteiger partial charge in [-0.2, -0.15) is 0 Å². The van der Waals surface area contributed by atoms with Crippen molar-refractivity contribution < 1.29 is 23.8 Å². The highest BCUT2D eigenvalue weighted by Crippen LogP contribution is 2.23. The fraction of sp³-hybridized carbons (Fsp3) is 0.214. The minimum absolute atomic E-state index is 0.383. The molecule has 0 aromatic heterocycles. The number of unbranched alkanes of at least 4 members (excludes halogenated alkanes) is 3. The summed E-state index contributed by atoms with van der Waals surface area (Å²) in [5.74, 6) is 0.413. The molecule has 0 aliphatic carbocycles. The SMILES string of the molecule is C=CC(=O)OCCCCCCOc1ccc(C(=O)Oc2ccc(-c3ccccc3)cc2)cc1. The van der Waals surface area contributed by atoms with Crippen LogP contribution in [0.4, 0.5) is 0 Å². The van der Waals surface area contributed by atoms with E-state index in [4.69, 9.17) is 14.2 Å². The molecule has 33 heavy (non-hydrogen) atoms. The average Bonchev–Trinajstić information content (AvgIpc) is 2.86. The van der Waals surface area contributed by atoms with Crippen LogP contribution in [0.1, 0.15) is 36.0 Å². The van der Waals surface area contributed by atoms with Crippen LogP contribution in [0.2, 0.25) is 0 Å². The van der Waals surface area contributed by atoms with Crippen LogP contribution in [0.3, 0.4) is 0 Å². The summed E-state index contributed by atoms with van der Waals surface area (Å²) in [5, 5.41) is 0. The van der Waals surface area contributed by atoms with Crippen LogP contribution < -0.4 is 9.47 Å². The van der Waals surface area contributed by atoms with Crippen molar-refractivity contribution in [2.45, 2.75) is 25.7 Å². The number of hydrogen-bond acceptors (Lipinski definition) is 5. The summed E-state index contributed by atoms with van der Waals surface area (Å²) in [6.45, 7) is 4.36. The van der Waals surface area contributed by atoms with Gasteiger partial charge in [-0.3, -0.25) is 0 Å². The Labute approximate surface area is 194 Å². The summed E-state index contributed by atoms with van der Waals surface area (Å²) >= 11 is 0. The molecule has 0 bridgehead atoms. The fourth-order valence-electron chi connectivity index (χ4n) is 3.18. The quantitative estimate of drug-likeness (QED) is 0.143. The molecule has 0 N–H and O–H groups in total.